The van der Waals surface area contributed by atoms with Gasteiger partial charge in [-0.15, -0.1) is 10.2 Å². The van der Waals surface area contributed by atoms with Gasteiger partial charge in [0, 0.05) is 0 Å². The zero-order valence-electron chi connectivity index (χ0n) is 10.2. The van der Waals surface area contributed by atoms with Gasteiger partial charge < -0.3 is 15.2 Å². The van der Waals surface area contributed by atoms with Gasteiger partial charge in [0.2, 0.25) is 5.13 Å². The van der Waals surface area contributed by atoms with Gasteiger partial charge in [-0.3, -0.25) is 10.1 Å². The summed E-state index contributed by atoms with van der Waals surface area (Å²) in [5, 5.41) is 21.5. The number of carboxylic acid groups (broad SMARTS) is 1. The maximum Gasteiger partial charge on any atom is 0.326 e. The highest BCUT2D eigenvalue weighted by molar-refractivity contribution is 7.15. The molecule has 104 valence electrons. The minimum Gasteiger partial charge on any atom is -0.480 e. The van der Waals surface area contributed by atoms with Gasteiger partial charge in [-0.25, -0.2) is 9.59 Å². The topological polar surface area (TPSA) is 131 Å². The average molecular weight is 288 g/mol. The minimum absolute atomic E-state index is 0.234. The molecule has 0 aliphatic heterocycles. The maximum atomic E-state index is 11.5. The van der Waals surface area contributed by atoms with Crippen LogP contribution in [0.3, 0.4) is 0 Å². The third kappa shape index (κ3) is 4.87. The molecule has 1 rings (SSSR count). The summed E-state index contributed by atoms with van der Waals surface area (Å²) in [7, 11) is 1.13. The van der Waals surface area contributed by atoms with E-state index in [1.54, 1.807) is 6.92 Å². The van der Waals surface area contributed by atoms with Crippen LogP contribution in [0.2, 0.25) is 0 Å². The Balaban J connectivity index is 2.56. The molecule has 0 radical (unpaired) electrons. The van der Waals surface area contributed by atoms with E-state index >= 15 is 0 Å². The number of urea groups is 1. The van der Waals surface area contributed by atoms with Crippen LogP contribution in [0.5, 0.6) is 0 Å². The summed E-state index contributed by atoms with van der Waals surface area (Å²) in [6.45, 7) is 1.71. The van der Waals surface area contributed by atoms with Crippen molar-refractivity contribution in [2.24, 2.45) is 0 Å². The second kappa shape index (κ2) is 6.64. The molecular formula is C9H12N4O5S. The normalized spacial score (nSPS) is 11.5. The smallest absolute Gasteiger partial charge is 0.326 e. The van der Waals surface area contributed by atoms with Crippen molar-refractivity contribution >= 4 is 34.4 Å². The van der Waals surface area contributed by atoms with E-state index in [1.807, 2.05) is 0 Å². The van der Waals surface area contributed by atoms with E-state index in [1.165, 1.54) is 0 Å². The van der Waals surface area contributed by atoms with Gasteiger partial charge in [0.25, 0.3) is 0 Å². The molecule has 19 heavy (non-hydrogen) atoms. The number of carbonyl (C=O) groups is 3. The van der Waals surface area contributed by atoms with E-state index in [9.17, 15) is 14.4 Å². The van der Waals surface area contributed by atoms with Crippen LogP contribution >= 0.6 is 11.3 Å². The standard InChI is InChI=1S/C9H12N4O5S/c1-4-12-13-9(19-4)11-8(17)10-5(7(15)16)3-6(14)18-2/h5H,3H2,1-2H3,(H,15,16)(H2,10,11,13,17)/t5-/m0/s1. The van der Waals surface area contributed by atoms with Gasteiger partial charge in [-0.1, -0.05) is 11.3 Å². The lowest BCUT2D eigenvalue weighted by Gasteiger charge is -2.12. The number of carbonyl (C=O) groups excluding carboxylic acids is 2. The van der Waals surface area contributed by atoms with Gasteiger partial charge >= 0.3 is 18.0 Å². The van der Waals surface area contributed by atoms with E-state index in [-0.39, 0.29) is 5.13 Å². The number of methoxy groups -OCH3 is 1. The summed E-state index contributed by atoms with van der Waals surface area (Å²) in [5.41, 5.74) is 0. The molecule has 10 heteroatoms. The fraction of sp³-hybridized carbons (Fsp3) is 0.444. The van der Waals surface area contributed by atoms with Crippen LogP contribution < -0.4 is 10.6 Å². The Labute approximate surface area is 112 Å². The number of carboxylic acids is 1. The molecule has 1 aromatic rings. The third-order valence-electron chi connectivity index (χ3n) is 1.95. The Morgan fingerprint density at radius 3 is 2.58 bits per heavy atom. The fourth-order valence-electron chi connectivity index (χ4n) is 1.09. The van der Waals surface area contributed by atoms with Gasteiger partial charge in [-0.2, -0.15) is 0 Å². The summed E-state index contributed by atoms with van der Waals surface area (Å²) in [5.74, 6) is -2.08. The Kier molecular flexibility index (Phi) is 5.18. The van der Waals surface area contributed by atoms with Crippen molar-refractivity contribution in [3.05, 3.63) is 5.01 Å². The van der Waals surface area contributed by atoms with Gasteiger partial charge in [0.05, 0.1) is 13.5 Å². The highest BCUT2D eigenvalue weighted by atomic mass is 32.1. The molecule has 0 aliphatic rings. The van der Waals surface area contributed by atoms with Crippen molar-refractivity contribution in [2.45, 2.75) is 19.4 Å². The van der Waals surface area contributed by atoms with E-state index in [2.05, 4.69) is 25.6 Å². The number of hydrogen-bond acceptors (Lipinski definition) is 7. The van der Waals surface area contributed by atoms with Crippen molar-refractivity contribution in [1.82, 2.24) is 15.5 Å². The van der Waals surface area contributed by atoms with E-state index in [4.69, 9.17) is 5.11 Å². The molecular weight excluding hydrogens is 276 g/mol. The van der Waals surface area contributed by atoms with Gasteiger partial charge in [-0.05, 0) is 6.92 Å². The summed E-state index contributed by atoms with van der Waals surface area (Å²) in [6, 6.07) is -2.16. The van der Waals surface area contributed by atoms with E-state index in [0.29, 0.717) is 5.01 Å². The number of amides is 2. The second-order valence-electron chi connectivity index (χ2n) is 3.40. The maximum absolute atomic E-state index is 11.5. The predicted molar refractivity (Wildman–Crippen MR) is 64.9 cm³/mol. The van der Waals surface area contributed by atoms with Crippen LogP contribution in [0.15, 0.2) is 0 Å². The first-order valence-corrected chi connectivity index (χ1v) is 5.91. The zero-order valence-corrected chi connectivity index (χ0v) is 11.0. The monoisotopic (exact) mass is 288 g/mol. The molecule has 1 heterocycles. The summed E-state index contributed by atoms with van der Waals surface area (Å²) < 4.78 is 4.34. The van der Waals surface area contributed by atoms with Crippen LogP contribution in [0.1, 0.15) is 11.4 Å². The van der Waals surface area contributed by atoms with E-state index < -0.39 is 30.4 Å². The molecule has 1 aromatic heterocycles. The number of aryl methyl sites for hydroxylation is 1. The van der Waals surface area contributed by atoms with Crippen LogP contribution in [0.4, 0.5) is 9.93 Å². The molecule has 1 atom stereocenters. The Hall–Kier alpha value is -2.23. The Morgan fingerprint density at radius 2 is 2.11 bits per heavy atom. The highest BCUT2D eigenvalue weighted by Gasteiger charge is 2.24. The van der Waals surface area contributed by atoms with Gasteiger partial charge in [0.1, 0.15) is 11.0 Å². The van der Waals surface area contributed by atoms with Crippen molar-refractivity contribution in [1.29, 1.82) is 0 Å². The highest BCUT2D eigenvalue weighted by Crippen LogP contribution is 2.13. The number of aromatic nitrogens is 2. The van der Waals surface area contributed by atoms with Crippen molar-refractivity contribution in [3.63, 3.8) is 0 Å². The molecule has 0 fully saturated rings. The molecule has 0 saturated carbocycles. The molecule has 0 aromatic carbocycles. The summed E-state index contributed by atoms with van der Waals surface area (Å²) in [6.07, 6.45) is -0.464. The lowest BCUT2D eigenvalue weighted by Crippen LogP contribution is -2.44. The number of nitrogens with one attached hydrogen (secondary N) is 2. The minimum atomic E-state index is -1.37. The molecule has 0 spiro atoms. The first-order chi connectivity index (χ1) is 8.92. The molecule has 0 bridgehead atoms. The quantitative estimate of drug-likeness (QED) is 0.649. The number of esters is 1. The largest absolute Gasteiger partial charge is 0.480 e. The summed E-state index contributed by atoms with van der Waals surface area (Å²) in [4.78, 5) is 33.4. The molecule has 3 N–H and O–H groups in total. The summed E-state index contributed by atoms with van der Waals surface area (Å²) >= 11 is 1.14. The lowest BCUT2D eigenvalue weighted by atomic mass is 10.2. The lowest BCUT2D eigenvalue weighted by molar-refractivity contribution is -0.147. The number of anilines is 1. The molecule has 0 aliphatic carbocycles. The molecule has 0 saturated heterocycles. The molecule has 9 nitrogen and oxygen atoms in total. The zero-order chi connectivity index (χ0) is 14.4. The third-order valence-corrected chi connectivity index (χ3v) is 2.70. The van der Waals surface area contributed by atoms with Crippen molar-refractivity contribution in [2.75, 3.05) is 12.4 Å². The van der Waals surface area contributed by atoms with Crippen LogP contribution in [-0.4, -0.2) is 46.4 Å². The first-order valence-electron chi connectivity index (χ1n) is 5.09. The number of hydrogen-bond donors (Lipinski definition) is 3. The second-order valence-corrected chi connectivity index (χ2v) is 4.58. The number of aliphatic carboxylic acids is 1. The van der Waals surface area contributed by atoms with Crippen LogP contribution in [-0.2, 0) is 14.3 Å². The Bertz CT molecular complexity index is 489. The first kappa shape index (κ1) is 14.8. The van der Waals surface area contributed by atoms with Crippen molar-refractivity contribution < 1.29 is 24.2 Å². The molecule has 2 amide bonds. The Morgan fingerprint density at radius 1 is 1.42 bits per heavy atom. The SMILES string of the molecule is COC(=O)C[C@H](NC(=O)Nc1nnc(C)s1)C(=O)O. The van der Waals surface area contributed by atoms with E-state index in [0.717, 1.165) is 18.4 Å². The number of rotatable bonds is 5. The predicted octanol–water partition coefficient (Wildman–Crippen LogP) is -0.0157. The van der Waals surface area contributed by atoms with Crippen LogP contribution in [0, 0.1) is 6.92 Å². The van der Waals surface area contributed by atoms with Gasteiger partial charge in [0.15, 0.2) is 0 Å². The van der Waals surface area contributed by atoms with Crippen LogP contribution in [0.25, 0.3) is 0 Å². The van der Waals surface area contributed by atoms with Crippen molar-refractivity contribution in [3.8, 4) is 0 Å². The average Bonchev–Trinajstić information content (AvgIpc) is 2.73. The number of ether oxygens (including phenoxy) is 1. The fourth-order valence-corrected chi connectivity index (χ4v) is 1.68. The number of nitrogens with zero attached hydrogens (tertiary/aromatic N) is 2. The molecule has 0 unspecified atom stereocenters.